The molecule has 0 spiro atoms. The smallest absolute Gasteiger partial charge is 0.326 e. The van der Waals surface area contributed by atoms with Crippen LogP contribution in [0.2, 0.25) is 5.02 Å². The van der Waals surface area contributed by atoms with Gasteiger partial charge in [0.25, 0.3) is 5.91 Å². The van der Waals surface area contributed by atoms with Gasteiger partial charge in [-0.25, -0.2) is 9.03 Å². The largest absolute Gasteiger partial charge is 0.506 e. The van der Waals surface area contributed by atoms with Gasteiger partial charge in [-0.05, 0) is 35.9 Å². The van der Waals surface area contributed by atoms with Gasteiger partial charge >= 0.3 is 20.3 Å². The molecule has 1 fully saturated rings. The number of carbonyl (C=O) groups is 1. The standard InChI is InChI=1S/C16H15ClN2O7S2/c1-27(22,23)26-15-5-3-12(17)8-11(15)6-10-2-4-13(14(20)7-10)19-9-16(21)18-28(19,24)25/h2-5,7-8,20H,6,9H2,1H3,(H,18,21). The molecule has 2 N–H and O–H groups in total. The van der Waals surface area contributed by atoms with E-state index in [2.05, 4.69) is 0 Å². The number of nitrogens with one attached hydrogen (secondary N) is 1. The molecule has 0 aromatic heterocycles. The van der Waals surface area contributed by atoms with Crippen LogP contribution in [0.15, 0.2) is 36.4 Å². The van der Waals surface area contributed by atoms with Gasteiger partial charge in [-0.2, -0.15) is 16.8 Å². The van der Waals surface area contributed by atoms with Gasteiger partial charge in [0.2, 0.25) is 0 Å². The van der Waals surface area contributed by atoms with Crippen LogP contribution in [0.25, 0.3) is 0 Å². The van der Waals surface area contributed by atoms with E-state index in [0.29, 0.717) is 16.1 Å². The highest BCUT2D eigenvalue weighted by molar-refractivity contribution is 7.92. The minimum atomic E-state index is -4.05. The van der Waals surface area contributed by atoms with E-state index < -0.39 is 32.8 Å². The summed E-state index contributed by atoms with van der Waals surface area (Å²) in [5, 5.41) is 10.6. The molecule has 0 radical (unpaired) electrons. The second-order valence-electron chi connectivity index (χ2n) is 6.08. The van der Waals surface area contributed by atoms with Gasteiger partial charge in [0.15, 0.2) is 0 Å². The molecular formula is C16H15ClN2O7S2. The van der Waals surface area contributed by atoms with Crippen molar-refractivity contribution >= 4 is 43.5 Å². The number of hydrogen-bond acceptors (Lipinski definition) is 7. The zero-order chi connectivity index (χ0) is 20.7. The monoisotopic (exact) mass is 446 g/mol. The first-order valence-electron chi connectivity index (χ1n) is 7.78. The summed E-state index contributed by atoms with van der Waals surface area (Å²) >= 11 is 5.98. The van der Waals surface area contributed by atoms with Crippen molar-refractivity contribution in [2.75, 3.05) is 17.1 Å². The minimum absolute atomic E-state index is 0.0548. The van der Waals surface area contributed by atoms with Gasteiger partial charge in [0.1, 0.15) is 18.0 Å². The molecule has 12 heteroatoms. The van der Waals surface area contributed by atoms with Crippen molar-refractivity contribution in [2.24, 2.45) is 0 Å². The number of aromatic hydroxyl groups is 1. The molecule has 28 heavy (non-hydrogen) atoms. The Morgan fingerprint density at radius 1 is 1.25 bits per heavy atom. The number of rotatable bonds is 5. The van der Waals surface area contributed by atoms with Crippen molar-refractivity contribution in [3.63, 3.8) is 0 Å². The van der Waals surface area contributed by atoms with Gasteiger partial charge in [-0.3, -0.25) is 4.79 Å². The Bertz CT molecular complexity index is 1160. The average Bonchev–Trinajstić information content (AvgIpc) is 2.81. The van der Waals surface area contributed by atoms with Crippen LogP contribution < -0.4 is 13.2 Å². The van der Waals surface area contributed by atoms with Gasteiger partial charge in [-0.1, -0.05) is 17.7 Å². The summed E-state index contributed by atoms with van der Waals surface area (Å²) in [6.45, 7) is -0.435. The van der Waals surface area contributed by atoms with Crippen LogP contribution in [0.5, 0.6) is 11.5 Å². The van der Waals surface area contributed by atoms with E-state index in [-0.39, 0.29) is 23.6 Å². The molecule has 150 valence electrons. The summed E-state index contributed by atoms with van der Waals surface area (Å²) in [5.41, 5.74) is 0.939. The first kappa shape index (κ1) is 20.2. The molecule has 1 heterocycles. The van der Waals surface area contributed by atoms with Crippen molar-refractivity contribution in [3.8, 4) is 11.5 Å². The van der Waals surface area contributed by atoms with Crippen molar-refractivity contribution in [1.82, 2.24) is 4.72 Å². The molecule has 1 aliphatic heterocycles. The fraction of sp³-hybridized carbons (Fsp3) is 0.188. The van der Waals surface area contributed by atoms with Gasteiger partial charge < -0.3 is 9.29 Å². The zero-order valence-corrected chi connectivity index (χ0v) is 16.8. The molecule has 1 aliphatic rings. The number of halogens is 1. The molecule has 0 unspecified atom stereocenters. The van der Waals surface area contributed by atoms with Crippen molar-refractivity contribution < 1.29 is 30.9 Å². The molecular weight excluding hydrogens is 432 g/mol. The first-order valence-corrected chi connectivity index (χ1v) is 11.4. The SMILES string of the molecule is CS(=O)(=O)Oc1ccc(Cl)cc1Cc1ccc(N2CC(=O)NS2(=O)=O)c(O)c1. The molecule has 0 saturated carbocycles. The Morgan fingerprint density at radius 3 is 2.54 bits per heavy atom. The molecule has 2 aromatic rings. The summed E-state index contributed by atoms with van der Waals surface area (Å²) in [6.07, 6.45) is 1.07. The lowest BCUT2D eigenvalue weighted by atomic mass is 10.0. The second kappa shape index (κ2) is 7.15. The molecule has 1 saturated heterocycles. The maximum Gasteiger partial charge on any atom is 0.326 e. The maximum atomic E-state index is 11.9. The number of amides is 1. The predicted molar refractivity (Wildman–Crippen MR) is 102 cm³/mol. The quantitative estimate of drug-likeness (QED) is 0.659. The number of hydrogen-bond donors (Lipinski definition) is 2. The van der Waals surface area contributed by atoms with Crippen LogP contribution in [0.4, 0.5) is 5.69 Å². The number of benzene rings is 2. The molecule has 0 atom stereocenters. The Morgan fingerprint density at radius 2 is 1.96 bits per heavy atom. The van der Waals surface area contributed by atoms with E-state index in [4.69, 9.17) is 15.8 Å². The number of carbonyl (C=O) groups excluding carboxylic acids is 1. The number of phenolic OH excluding ortho intramolecular Hbond substituents is 1. The third-order valence-electron chi connectivity index (χ3n) is 3.79. The summed E-state index contributed by atoms with van der Waals surface area (Å²) < 4.78 is 54.2. The van der Waals surface area contributed by atoms with E-state index in [1.54, 1.807) is 6.07 Å². The zero-order valence-electron chi connectivity index (χ0n) is 14.4. The normalized spacial score (nSPS) is 16.1. The van der Waals surface area contributed by atoms with Crippen molar-refractivity contribution in [2.45, 2.75) is 6.42 Å². The van der Waals surface area contributed by atoms with Crippen LogP contribution in [-0.2, 0) is 31.5 Å². The van der Waals surface area contributed by atoms with E-state index in [9.17, 15) is 26.7 Å². The summed E-state index contributed by atoms with van der Waals surface area (Å²) in [6, 6.07) is 8.64. The molecule has 0 bridgehead atoms. The highest BCUT2D eigenvalue weighted by atomic mass is 35.5. The topological polar surface area (TPSA) is 130 Å². The predicted octanol–water partition coefficient (Wildman–Crippen LogP) is 1.16. The number of anilines is 1. The molecule has 1 amide bonds. The fourth-order valence-corrected chi connectivity index (χ4v) is 4.55. The highest BCUT2D eigenvalue weighted by Crippen LogP contribution is 2.33. The minimum Gasteiger partial charge on any atom is -0.506 e. The molecule has 0 aliphatic carbocycles. The van der Waals surface area contributed by atoms with Crippen molar-refractivity contribution in [1.29, 1.82) is 0 Å². The molecule has 3 rings (SSSR count). The summed E-state index contributed by atoms with van der Waals surface area (Å²) in [4.78, 5) is 11.4. The fourth-order valence-electron chi connectivity index (χ4n) is 2.70. The number of phenols is 1. The Balaban J connectivity index is 1.92. The summed E-state index contributed by atoms with van der Waals surface area (Å²) in [5.74, 6) is -0.970. The van der Waals surface area contributed by atoms with Crippen molar-refractivity contribution in [3.05, 3.63) is 52.5 Å². The lowest BCUT2D eigenvalue weighted by Gasteiger charge is -2.17. The lowest BCUT2D eigenvalue weighted by Crippen LogP contribution is -2.29. The van der Waals surface area contributed by atoms with Crippen LogP contribution in [0, 0.1) is 0 Å². The molecule has 9 nitrogen and oxygen atoms in total. The lowest BCUT2D eigenvalue weighted by molar-refractivity contribution is -0.117. The number of nitrogens with zero attached hydrogens (tertiary/aromatic N) is 1. The Hall–Kier alpha value is -2.50. The summed E-state index contributed by atoms with van der Waals surface area (Å²) in [7, 11) is -7.80. The highest BCUT2D eigenvalue weighted by Gasteiger charge is 2.35. The second-order valence-corrected chi connectivity index (χ2v) is 9.68. The third kappa shape index (κ3) is 4.49. The Kier molecular flexibility index (Phi) is 5.17. The first-order chi connectivity index (χ1) is 12.9. The van der Waals surface area contributed by atoms with Crippen LogP contribution in [-0.4, -0.2) is 40.6 Å². The maximum absolute atomic E-state index is 11.9. The van der Waals surface area contributed by atoms with E-state index in [0.717, 1.165) is 10.6 Å². The van der Waals surface area contributed by atoms with E-state index >= 15 is 0 Å². The van der Waals surface area contributed by atoms with Gasteiger partial charge in [-0.15, -0.1) is 0 Å². The van der Waals surface area contributed by atoms with E-state index in [1.165, 1.54) is 30.3 Å². The van der Waals surface area contributed by atoms with Crippen LogP contribution in [0.1, 0.15) is 11.1 Å². The van der Waals surface area contributed by atoms with Gasteiger partial charge in [0.05, 0.1) is 11.9 Å². The average molecular weight is 447 g/mol. The van der Waals surface area contributed by atoms with Crippen LogP contribution in [0.3, 0.4) is 0 Å². The third-order valence-corrected chi connectivity index (χ3v) is 5.90. The van der Waals surface area contributed by atoms with Gasteiger partial charge in [0, 0.05) is 17.0 Å². The van der Waals surface area contributed by atoms with Crippen LogP contribution >= 0.6 is 11.6 Å². The molecule has 2 aromatic carbocycles. The Labute approximate surface area is 166 Å². The van der Waals surface area contributed by atoms with E-state index in [1.807, 2.05) is 4.72 Å².